The number of hydrogen-bond acceptors (Lipinski definition) is 9. The SMILES string of the molecule is COc1ccc(-c2cnn3c(N)c(-c4nc(-c5ccc(OC)c(OC)c5)cs4)nnc23)cc1. The molecule has 2 aromatic carbocycles. The van der Waals surface area contributed by atoms with E-state index in [0.29, 0.717) is 33.7 Å². The smallest absolute Gasteiger partial charge is 0.187 e. The molecule has 2 N–H and O–H groups in total. The molecule has 0 atom stereocenters. The zero-order valence-corrected chi connectivity index (χ0v) is 19.0. The van der Waals surface area contributed by atoms with Crippen LogP contribution in [0, 0.1) is 0 Å². The van der Waals surface area contributed by atoms with Crippen molar-refractivity contribution in [3.8, 4) is 50.3 Å². The van der Waals surface area contributed by atoms with Crippen molar-refractivity contribution in [1.82, 2.24) is 24.8 Å². The van der Waals surface area contributed by atoms with Crippen LogP contribution in [-0.2, 0) is 0 Å². The molecule has 33 heavy (non-hydrogen) atoms. The number of benzene rings is 2. The maximum absolute atomic E-state index is 6.43. The van der Waals surface area contributed by atoms with Crippen LogP contribution in [0.4, 0.5) is 5.82 Å². The summed E-state index contributed by atoms with van der Waals surface area (Å²) in [7, 11) is 4.84. The Kier molecular flexibility index (Phi) is 5.27. The number of fused-ring (bicyclic) bond motifs is 1. The monoisotopic (exact) mass is 460 g/mol. The first kappa shape index (κ1) is 20.7. The zero-order chi connectivity index (χ0) is 22.9. The Labute approximate surface area is 193 Å². The summed E-state index contributed by atoms with van der Waals surface area (Å²) >= 11 is 1.43. The molecule has 0 fully saturated rings. The van der Waals surface area contributed by atoms with E-state index in [0.717, 1.165) is 28.1 Å². The van der Waals surface area contributed by atoms with Crippen LogP contribution in [0.15, 0.2) is 54.0 Å². The molecular weight excluding hydrogens is 440 g/mol. The molecule has 166 valence electrons. The number of methoxy groups -OCH3 is 3. The van der Waals surface area contributed by atoms with Crippen molar-refractivity contribution in [3.63, 3.8) is 0 Å². The number of anilines is 1. The number of rotatable bonds is 6. The van der Waals surface area contributed by atoms with Crippen molar-refractivity contribution in [3.05, 3.63) is 54.0 Å². The molecule has 0 spiro atoms. The summed E-state index contributed by atoms with van der Waals surface area (Å²) in [5.74, 6) is 2.43. The van der Waals surface area contributed by atoms with Crippen molar-refractivity contribution in [2.45, 2.75) is 0 Å². The molecule has 3 heterocycles. The standard InChI is InChI=1S/C23H20N6O3S/c1-30-15-7-4-13(5-8-15)16-11-25-29-21(24)20(27-28-22(16)29)23-26-17(12-33-23)14-6-9-18(31-2)19(10-14)32-3/h4-12H,24H2,1-3H3. The first-order valence-corrected chi connectivity index (χ1v) is 10.8. The van der Waals surface area contributed by atoms with Crippen molar-refractivity contribution >= 4 is 22.8 Å². The largest absolute Gasteiger partial charge is 0.497 e. The Morgan fingerprint density at radius 1 is 0.879 bits per heavy atom. The fourth-order valence-corrected chi connectivity index (χ4v) is 4.32. The molecule has 0 unspecified atom stereocenters. The number of aromatic nitrogens is 5. The van der Waals surface area contributed by atoms with Crippen molar-refractivity contribution in [2.75, 3.05) is 27.1 Å². The Morgan fingerprint density at radius 3 is 2.36 bits per heavy atom. The first-order chi connectivity index (χ1) is 16.1. The average molecular weight is 461 g/mol. The van der Waals surface area contributed by atoms with E-state index in [1.807, 2.05) is 47.8 Å². The van der Waals surface area contributed by atoms with E-state index >= 15 is 0 Å². The number of nitrogens with zero attached hydrogens (tertiary/aromatic N) is 5. The molecular formula is C23H20N6O3S. The van der Waals surface area contributed by atoms with Crippen LogP contribution >= 0.6 is 11.3 Å². The molecule has 0 amide bonds. The van der Waals surface area contributed by atoms with Crippen molar-refractivity contribution < 1.29 is 14.2 Å². The van der Waals surface area contributed by atoms with Crippen LogP contribution in [0.25, 0.3) is 38.7 Å². The topological polar surface area (TPSA) is 110 Å². The second-order valence-electron chi connectivity index (χ2n) is 7.06. The lowest BCUT2D eigenvalue weighted by Crippen LogP contribution is -2.05. The number of hydrogen-bond donors (Lipinski definition) is 1. The molecule has 0 radical (unpaired) electrons. The van der Waals surface area contributed by atoms with E-state index in [9.17, 15) is 0 Å². The van der Waals surface area contributed by atoms with Gasteiger partial charge in [0.25, 0.3) is 0 Å². The Hall–Kier alpha value is -4.18. The summed E-state index contributed by atoms with van der Waals surface area (Å²) in [5.41, 5.74) is 10.9. The number of thiazole rings is 1. The molecule has 3 aromatic heterocycles. The normalized spacial score (nSPS) is 11.0. The van der Waals surface area contributed by atoms with Crippen LogP contribution in [0.5, 0.6) is 17.2 Å². The van der Waals surface area contributed by atoms with Crippen LogP contribution in [-0.4, -0.2) is 46.1 Å². The lowest BCUT2D eigenvalue weighted by Gasteiger charge is -2.08. The van der Waals surface area contributed by atoms with E-state index in [2.05, 4.69) is 15.3 Å². The summed E-state index contributed by atoms with van der Waals surface area (Å²) in [4.78, 5) is 4.72. The van der Waals surface area contributed by atoms with Crippen LogP contribution in [0.3, 0.4) is 0 Å². The third-order valence-electron chi connectivity index (χ3n) is 5.25. The Balaban J connectivity index is 1.51. The second-order valence-corrected chi connectivity index (χ2v) is 7.92. The van der Waals surface area contributed by atoms with Crippen molar-refractivity contribution in [2.24, 2.45) is 0 Å². The third-order valence-corrected chi connectivity index (χ3v) is 6.10. The van der Waals surface area contributed by atoms with E-state index in [1.54, 1.807) is 32.0 Å². The number of nitrogen functional groups attached to an aromatic ring is 1. The Bertz CT molecular complexity index is 1440. The summed E-state index contributed by atoms with van der Waals surface area (Å²) in [5, 5.41) is 15.8. The summed E-state index contributed by atoms with van der Waals surface area (Å²) in [6.07, 6.45) is 1.73. The van der Waals surface area contributed by atoms with Gasteiger partial charge in [0.1, 0.15) is 10.8 Å². The van der Waals surface area contributed by atoms with Gasteiger partial charge in [0, 0.05) is 16.5 Å². The fraction of sp³-hybridized carbons (Fsp3) is 0.130. The number of ether oxygens (including phenoxy) is 3. The lowest BCUT2D eigenvalue weighted by molar-refractivity contribution is 0.355. The molecule has 0 saturated carbocycles. The molecule has 9 nitrogen and oxygen atoms in total. The molecule has 0 aliphatic carbocycles. The predicted octanol–water partition coefficient (Wildman–Crippen LogP) is 4.19. The summed E-state index contributed by atoms with van der Waals surface area (Å²) in [6, 6.07) is 13.3. The highest BCUT2D eigenvalue weighted by atomic mass is 32.1. The van der Waals surface area contributed by atoms with Gasteiger partial charge in [0.05, 0.1) is 33.2 Å². The Morgan fingerprint density at radius 2 is 1.64 bits per heavy atom. The van der Waals surface area contributed by atoms with Crippen LogP contribution < -0.4 is 19.9 Å². The van der Waals surface area contributed by atoms with Crippen molar-refractivity contribution in [1.29, 1.82) is 0 Å². The molecule has 0 saturated heterocycles. The quantitative estimate of drug-likeness (QED) is 0.402. The molecule has 0 aliphatic rings. The molecule has 5 aromatic rings. The van der Waals surface area contributed by atoms with Gasteiger partial charge in [-0.1, -0.05) is 12.1 Å². The maximum atomic E-state index is 6.43. The minimum Gasteiger partial charge on any atom is -0.497 e. The molecule has 5 rings (SSSR count). The second kappa shape index (κ2) is 8.40. The highest BCUT2D eigenvalue weighted by Crippen LogP contribution is 2.36. The van der Waals surface area contributed by atoms with E-state index in [1.165, 1.54) is 11.3 Å². The number of nitrogens with two attached hydrogens (primary N) is 1. The predicted molar refractivity (Wildman–Crippen MR) is 127 cm³/mol. The van der Waals surface area contributed by atoms with Gasteiger partial charge in [-0.05, 0) is 35.9 Å². The average Bonchev–Trinajstić information content (AvgIpc) is 3.52. The van der Waals surface area contributed by atoms with E-state index in [-0.39, 0.29) is 0 Å². The van der Waals surface area contributed by atoms with Gasteiger partial charge in [-0.15, -0.1) is 21.5 Å². The maximum Gasteiger partial charge on any atom is 0.187 e. The molecule has 10 heteroatoms. The van der Waals surface area contributed by atoms with Crippen LogP contribution in [0.2, 0.25) is 0 Å². The summed E-state index contributed by atoms with van der Waals surface area (Å²) < 4.78 is 17.5. The van der Waals surface area contributed by atoms with E-state index < -0.39 is 0 Å². The third kappa shape index (κ3) is 3.60. The van der Waals surface area contributed by atoms with Gasteiger partial charge in [-0.2, -0.15) is 9.61 Å². The lowest BCUT2D eigenvalue weighted by atomic mass is 10.1. The van der Waals surface area contributed by atoms with Crippen LogP contribution in [0.1, 0.15) is 0 Å². The summed E-state index contributed by atoms with van der Waals surface area (Å²) in [6.45, 7) is 0. The fourth-order valence-electron chi connectivity index (χ4n) is 3.50. The first-order valence-electron chi connectivity index (χ1n) is 9.95. The molecule has 0 bridgehead atoms. The zero-order valence-electron chi connectivity index (χ0n) is 18.1. The minimum atomic E-state index is 0.368. The molecule has 0 aliphatic heterocycles. The van der Waals surface area contributed by atoms with Gasteiger partial charge >= 0.3 is 0 Å². The minimum absolute atomic E-state index is 0.368. The van der Waals surface area contributed by atoms with Gasteiger partial charge in [-0.3, -0.25) is 0 Å². The van der Waals surface area contributed by atoms with Gasteiger partial charge in [0.2, 0.25) is 0 Å². The van der Waals surface area contributed by atoms with Gasteiger partial charge < -0.3 is 19.9 Å². The van der Waals surface area contributed by atoms with Gasteiger partial charge in [0.15, 0.2) is 28.7 Å². The van der Waals surface area contributed by atoms with E-state index in [4.69, 9.17) is 24.9 Å². The highest BCUT2D eigenvalue weighted by molar-refractivity contribution is 7.13. The van der Waals surface area contributed by atoms with Gasteiger partial charge in [-0.25, -0.2) is 4.98 Å². The highest BCUT2D eigenvalue weighted by Gasteiger charge is 2.18.